The molecule has 0 radical (unpaired) electrons. The molecule has 0 saturated carbocycles. The first-order chi connectivity index (χ1) is 9.82. The molecule has 2 rings (SSSR count). The van der Waals surface area contributed by atoms with Gasteiger partial charge in [-0.15, -0.1) is 11.3 Å². The van der Waals surface area contributed by atoms with Gasteiger partial charge in [0.2, 0.25) is 0 Å². The number of halogens is 5. The van der Waals surface area contributed by atoms with Crippen LogP contribution < -0.4 is 5.32 Å². The van der Waals surface area contributed by atoms with Crippen molar-refractivity contribution in [3.8, 4) is 0 Å². The van der Waals surface area contributed by atoms with E-state index in [-0.39, 0.29) is 10.4 Å². The molecule has 1 atom stereocenters. The largest absolute Gasteiger partial charge is 0.443 e. The van der Waals surface area contributed by atoms with Gasteiger partial charge >= 0.3 is 6.18 Å². The fraction of sp³-hybridized carbons (Fsp3) is 0.308. The maximum atomic E-state index is 13.8. The summed E-state index contributed by atoms with van der Waals surface area (Å²) >= 11 is 0.410. The van der Waals surface area contributed by atoms with Crippen LogP contribution in [0.5, 0.6) is 0 Å². The first-order valence-electron chi connectivity index (χ1n) is 6.04. The number of aromatic nitrogens is 1. The van der Waals surface area contributed by atoms with Gasteiger partial charge in [0, 0.05) is 16.6 Å². The van der Waals surface area contributed by atoms with Gasteiger partial charge in [0.15, 0.2) is 5.01 Å². The molecule has 1 heterocycles. The van der Waals surface area contributed by atoms with Crippen molar-refractivity contribution >= 4 is 11.3 Å². The van der Waals surface area contributed by atoms with Crippen LogP contribution in [0.25, 0.3) is 0 Å². The Morgan fingerprint density at radius 2 is 2.00 bits per heavy atom. The molecule has 1 N–H and O–H groups in total. The molecule has 2 aromatic rings. The van der Waals surface area contributed by atoms with E-state index >= 15 is 0 Å². The van der Waals surface area contributed by atoms with E-state index in [4.69, 9.17) is 0 Å². The second-order valence-electron chi connectivity index (χ2n) is 4.22. The van der Waals surface area contributed by atoms with Crippen LogP contribution in [0.15, 0.2) is 24.4 Å². The minimum Gasteiger partial charge on any atom is -0.306 e. The lowest BCUT2D eigenvalue weighted by atomic mass is 10.0. The normalized spacial score (nSPS) is 13.4. The van der Waals surface area contributed by atoms with Crippen molar-refractivity contribution in [1.29, 1.82) is 0 Å². The fourth-order valence-electron chi connectivity index (χ4n) is 1.85. The van der Waals surface area contributed by atoms with Crippen LogP contribution >= 0.6 is 11.3 Å². The van der Waals surface area contributed by atoms with Crippen molar-refractivity contribution in [2.24, 2.45) is 0 Å². The van der Waals surface area contributed by atoms with E-state index < -0.39 is 28.9 Å². The van der Waals surface area contributed by atoms with Gasteiger partial charge in [-0.25, -0.2) is 13.8 Å². The molecular formula is C13H11F5N2S. The molecule has 1 unspecified atom stereocenters. The van der Waals surface area contributed by atoms with Crippen molar-refractivity contribution in [2.45, 2.75) is 19.1 Å². The maximum absolute atomic E-state index is 13.8. The fourth-order valence-corrected chi connectivity index (χ4v) is 2.73. The van der Waals surface area contributed by atoms with Crippen molar-refractivity contribution in [1.82, 2.24) is 10.3 Å². The standard InChI is InChI=1S/C13H11F5N2S/c1-2-19-11(8-5-7(14)3-4-9(8)15)10-6-20-12(21-10)13(16,17)18/h3-6,11,19H,2H2,1H3. The second-order valence-corrected chi connectivity index (χ2v) is 5.28. The summed E-state index contributed by atoms with van der Waals surface area (Å²) in [7, 11) is 0. The molecule has 0 bridgehead atoms. The summed E-state index contributed by atoms with van der Waals surface area (Å²) < 4.78 is 64.9. The number of rotatable bonds is 4. The number of nitrogens with one attached hydrogen (secondary N) is 1. The van der Waals surface area contributed by atoms with Gasteiger partial charge in [-0.1, -0.05) is 6.92 Å². The first-order valence-corrected chi connectivity index (χ1v) is 6.85. The first kappa shape index (κ1) is 15.8. The molecule has 0 spiro atoms. The Kier molecular flexibility index (Phi) is 4.58. The monoisotopic (exact) mass is 322 g/mol. The lowest BCUT2D eigenvalue weighted by molar-refractivity contribution is -0.137. The smallest absolute Gasteiger partial charge is 0.306 e. The molecule has 0 aliphatic heterocycles. The molecule has 21 heavy (non-hydrogen) atoms. The number of thiazole rings is 1. The van der Waals surface area contributed by atoms with Crippen LogP contribution in [0.3, 0.4) is 0 Å². The Morgan fingerprint density at radius 1 is 1.29 bits per heavy atom. The molecule has 0 amide bonds. The van der Waals surface area contributed by atoms with Gasteiger partial charge in [-0.3, -0.25) is 0 Å². The van der Waals surface area contributed by atoms with E-state index in [1.165, 1.54) is 0 Å². The lowest BCUT2D eigenvalue weighted by Crippen LogP contribution is -2.22. The van der Waals surface area contributed by atoms with Crippen LogP contribution in [0.1, 0.15) is 28.4 Å². The lowest BCUT2D eigenvalue weighted by Gasteiger charge is -2.17. The SMILES string of the molecule is CCNC(c1cnc(C(F)(F)F)s1)c1cc(F)ccc1F. The number of hydrogen-bond acceptors (Lipinski definition) is 3. The summed E-state index contributed by atoms with van der Waals surface area (Å²) in [5, 5.41) is 1.83. The van der Waals surface area contributed by atoms with E-state index in [1.54, 1.807) is 6.92 Å². The number of nitrogens with zero attached hydrogens (tertiary/aromatic N) is 1. The van der Waals surface area contributed by atoms with E-state index in [9.17, 15) is 22.0 Å². The molecular weight excluding hydrogens is 311 g/mol. The Balaban J connectivity index is 2.44. The van der Waals surface area contributed by atoms with Crippen LogP contribution in [0.4, 0.5) is 22.0 Å². The molecule has 0 saturated heterocycles. The van der Waals surface area contributed by atoms with E-state index in [1.807, 2.05) is 0 Å². The van der Waals surface area contributed by atoms with Crippen molar-refractivity contribution in [3.05, 3.63) is 51.5 Å². The molecule has 2 nitrogen and oxygen atoms in total. The molecule has 1 aromatic carbocycles. The molecule has 114 valence electrons. The second kappa shape index (κ2) is 6.07. The van der Waals surface area contributed by atoms with Crippen LogP contribution in [0, 0.1) is 11.6 Å². The number of benzene rings is 1. The highest BCUT2D eigenvalue weighted by molar-refractivity contribution is 7.11. The van der Waals surface area contributed by atoms with Crippen molar-refractivity contribution in [3.63, 3.8) is 0 Å². The Hall–Kier alpha value is -1.54. The third-order valence-electron chi connectivity index (χ3n) is 2.73. The minimum absolute atomic E-state index is 0.0470. The van der Waals surface area contributed by atoms with E-state index in [0.717, 1.165) is 24.4 Å². The van der Waals surface area contributed by atoms with Gasteiger partial charge in [-0.2, -0.15) is 13.2 Å². The summed E-state index contributed by atoms with van der Waals surface area (Å²) in [6.07, 6.45) is -3.52. The summed E-state index contributed by atoms with van der Waals surface area (Å²) in [6, 6.07) is 1.99. The highest BCUT2D eigenvalue weighted by Crippen LogP contribution is 2.36. The molecule has 0 aliphatic rings. The van der Waals surface area contributed by atoms with Gasteiger partial charge < -0.3 is 5.32 Å². The van der Waals surface area contributed by atoms with E-state index in [0.29, 0.717) is 17.9 Å². The predicted octanol–water partition coefficient (Wildman–Crippen LogP) is 4.14. The number of alkyl halides is 3. The van der Waals surface area contributed by atoms with Gasteiger partial charge in [0.05, 0.1) is 6.04 Å². The van der Waals surface area contributed by atoms with Crippen LogP contribution in [-0.4, -0.2) is 11.5 Å². The van der Waals surface area contributed by atoms with Crippen LogP contribution in [0.2, 0.25) is 0 Å². The zero-order valence-corrected chi connectivity index (χ0v) is 11.7. The minimum atomic E-state index is -4.56. The summed E-state index contributed by atoms with van der Waals surface area (Å²) in [5.74, 6) is -1.35. The van der Waals surface area contributed by atoms with Gasteiger partial charge in [0.25, 0.3) is 0 Å². The molecule has 0 fully saturated rings. The zero-order valence-electron chi connectivity index (χ0n) is 10.8. The highest BCUT2D eigenvalue weighted by atomic mass is 32.1. The Bertz CT molecular complexity index is 623. The predicted molar refractivity (Wildman–Crippen MR) is 69.0 cm³/mol. The molecule has 0 aliphatic carbocycles. The summed E-state index contributed by atoms with van der Waals surface area (Å²) in [5.41, 5.74) is -0.0470. The zero-order chi connectivity index (χ0) is 15.6. The Labute approximate surface area is 121 Å². The van der Waals surface area contributed by atoms with Crippen molar-refractivity contribution < 1.29 is 22.0 Å². The van der Waals surface area contributed by atoms with E-state index in [2.05, 4.69) is 10.3 Å². The van der Waals surface area contributed by atoms with Crippen molar-refractivity contribution in [2.75, 3.05) is 6.54 Å². The van der Waals surface area contributed by atoms with Crippen LogP contribution in [-0.2, 0) is 6.18 Å². The van der Waals surface area contributed by atoms with Gasteiger partial charge in [0.1, 0.15) is 11.6 Å². The summed E-state index contributed by atoms with van der Waals surface area (Å²) in [6.45, 7) is 2.09. The maximum Gasteiger partial charge on any atom is 0.443 e. The summed E-state index contributed by atoms with van der Waals surface area (Å²) in [4.78, 5) is 3.48. The Morgan fingerprint density at radius 3 is 2.57 bits per heavy atom. The van der Waals surface area contributed by atoms with Gasteiger partial charge in [-0.05, 0) is 24.7 Å². The molecule has 8 heteroatoms. The topological polar surface area (TPSA) is 24.9 Å². The molecule has 1 aromatic heterocycles. The number of hydrogen-bond donors (Lipinski definition) is 1. The average molecular weight is 322 g/mol. The average Bonchev–Trinajstić information content (AvgIpc) is 2.88. The third-order valence-corrected chi connectivity index (χ3v) is 3.83. The highest BCUT2D eigenvalue weighted by Gasteiger charge is 2.35. The quantitative estimate of drug-likeness (QED) is 0.856. The third kappa shape index (κ3) is 3.56.